The molecular weight excluding hydrogens is 682 g/mol. The average Bonchev–Trinajstić information content (AvgIpc) is 3.57. The molecule has 3 aromatic rings. The van der Waals surface area contributed by atoms with Crippen LogP contribution in [-0.4, -0.2) is 124 Å². The number of rotatable bonds is 10. The van der Waals surface area contributed by atoms with Gasteiger partial charge in [-0.2, -0.15) is 0 Å². The Kier molecular flexibility index (Phi) is 9.98. The van der Waals surface area contributed by atoms with Gasteiger partial charge in [0.1, 0.15) is 49.5 Å². The average molecular weight is 722 g/mol. The molecule has 3 heterocycles. The monoisotopic (exact) mass is 721 g/mol. The lowest BCUT2D eigenvalue weighted by Gasteiger charge is -2.40. The lowest BCUT2D eigenvalue weighted by atomic mass is 9.81. The van der Waals surface area contributed by atoms with Crippen LogP contribution in [0.25, 0.3) is 0 Å². The minimum absolute atomic E-state index is 0.00750. The van der Waals surface area contributed by atoms with E-state index in [9.17, 15) is 45.0 Å². The zero-order valence-corrected chi connectivity index (χ0v) is 27.6. The molecule has 8 atom stereocenters. The molecule has 3 aliphatic heterocycles. The number of amides is 1. The van der Waals surface area contributed by atoms with Crippen molar-refractivity contribution in [2.45, 2.75) is 62.2 Å². The molecule has 3 saturated heterocycles. The number of hydrogen-bond donors (Lipinski definition) is 10. The number of aliphatic hydroxyl groups is 6. The first-order valence-electron chi connectivity index (χ1n) is 16.7. The molecule has 3 aromatic carbocycles. The van der Waals surface area contributed by atoms with Crippen molar-refractivity contribution in [3.63, 3.8) is 0 Å². The summed E-state index contributed by atoms with van der Waals surface area (Å²) >= 11 is 0. The van der Waals surface area contributed by atoms with Crippen LogP contribution in [0.4, 0.5) is 5.69 Å². The number of carbonyl (C=O) groups is 3. The Morgan fingerprint density at radius 3 is 2.42 bits per heavy atom. The van der Waals surface area contributed by atoms with Crippen LogP contribution < -0.4 is 36.1 Å². The van der Waals surface area contributed by atoms with Gasteiger partial charge in [-0.3, -0.25) is 30.8 Å². The molecule has 11 N–H and O–H groups in total. The van der Waals surface area contributed by atoms with Crippen LogP contribution in [0.3, 0.4) is 0 Å². The van der Waals surface area contributed by atoms with Crippen LogP contribution in [0.5, 0.6) is 11.5 Å². The van der Waals surface area contributed by atoms with E-state index in [0.717, 1.165) is 0 Å². The number of anilines is 1. The van der Waals surface area contributed by atoms with Crippen LogP contribution in [0, 0.1) is 0 Å². The summed E-state index contributed by atoms with van der Waals surface area (Å²) < 4.78 is 17.9. The Labute approximate surface area is 296 Å². The lowest BCUT2D eigenvalue weighted by molar-refractivity contribution is -0.277. The fourth-order valence-electron chi connectivity index (χ4n) is 7.14. The van der Waals surface area contributed by atoms with Crippen molar-refractivity contribution in [2.24, 2.45) is 5.73 Å². The van der Waals surface area contributed by atoms with Crippen LogP contribution in [0.2, 0.25) is 0 Å². The fourth-order valence-corrected chi connectivity index (χ4v) is 7.14. The predicted molar refractivity (Wildman–Crippen MR) is 179 cm³/mol. The van der Waals surface area contributed by atoms with Crippen LogP contribution in [0.1, 0.15) is 48.5 Å². The molecule has 1 aliphatic carbocycles. The summed E-state index contributed by atoms with van der Waals surface area (Å²) in [6, 6.07) is 12.5. The van der Waals surface area contributed by atoms with Gasteiger partial charge in [0.2, 0.25) is 12.2 Å². The van der Waals surface area contributed by atoms with Crippen molar-refractivity contribution in [1.29, 1.82) is 0 Å². The number of ether oxygens (including phenoxy) is 3. The highest BCUT2D eigenvalue weighted by Gasteiger charge is 2.47. The second kappa shape index (κ2) is 14.5. The number of nitrogens with one attached hydrogen (secondary N) is 3. The first-order valence-corrected chi connectivity index (χ1v) is 16.7. The number of nitrogens with zero attached hydrogens (tertiary/aromatic N) is 1. The van der Waals surface area contributed by atoms with E-state index < -0.39 is 74.0 Å². The van der Waals surface area contributed by atoms with Crippen LogP contribution in [-0.2, 0) is 22.6 Å². The summed E-state index contributed by atoms with van der Waals surface area (Å²) in [7, 11) is 0. The molecule has 52 heavy (non-hydrogen) atoms. The Morgan fingerprint density at radius 1 is 0.885 bits per heavy atom. The Bertz CT molecular complexity index is 1890. The van der Waals surface area contributed by atoms with Crippen molar-refractivity contribution in [3.05, 3.63) is 87.5 Å². The summed E-state index contributed by atoms with van der Waals surface area (Å²) in [5.41, 5.74) is 7.91. The summed E-state index contributed by atoms with van der Waals surface area (Å²) in [5, 5.41) is 70.4. The van der Waals surface area contributed by atoms with Crippen LogP contribution >= 0.6 is 0 Å². The third-order valence-electron chi connectivity index (χ3n) is 9.71. The van der Waals surface area contributed by atoms with Gasteiger partial charge in [0.25, 0.3) is 0 Å². The van der Waals surface area contributed by atoms with E-state index in [2.05, 4.69) is 16.0 Å². The number of hydrogen-bond acceptors (Lipinski definition) is 16. The number of ketones is 2. The zero-order chi connectivity index (χ0) is 36.8. The summed E-state index contributed by atoms with van der Waals surface area (Å²) in [6.45, 7) is -1.70. The molecular formula is C35H39N5O12. The minimum atomic E-state index is -1.84. The fraction of sp³-hybridized carbons (Fsp3) is 0.400. The number of aliphatic hydroxyl groups excluding tert-OH is 6. The van der Waals surface area contributed by atoms with Crippen molar-refractivity contribution in [3.8, 4) is 11.5 Å². The van der Waals surface area contributed by atoms with E-state index in [4.69, 9.17) is 19.9 Å². The largest absolute Gasteiger partial charge is 0.486 e. The Balaban J connectivity index is 1.38. The number of nitrogens with two attached hydrogens (primary N) is 1. The smallest absolute Gasteiger partial charge is 0.242 e. The summed E-state index contributed by atoms with van der Waals surface area (Å²) in [6.07, 6.45) is -9.68. The Hall–Kier alpha value is -4.53. The van der Waals surface area contributed by atoms with E-state index in [1.165, 1.54) is 24.3 Å². The van der Waals surface area contributed by atoms with Gasteiger partial charge >= 0.3 is 0 Å². The van der Waals surface area contributed by atoms with Crippen molar-refractivity contribution >= 4 is 23.2 Å². The van der Waals surface area contributed by atoms with Gasteiger partial charge in [0.15, 0.2) is 23.1 Å². The first-order chi connectivity index (χ1) is 25.1. The second-order valence-corrected chi connectivity index (χ2v) is 12.9. The van der Waals surface area contributed by atoms with Gasteiger partial charge in [-0.25, -0.2) is 0 Å². The summed E-state index contributed by atoms with van der Waals surface area (Å²) in [4.78, 5) is 42.9. The maximum Gasteiger partial charge on any atom is 0.242 e. The molecule has 1 amide bonds. The quantitative estimate of drug-likeness (QED) is 0.0788. The van der Waals surface area contributed by atoms with Gasteiger partial charge in [0.05, 0.1) is 32.1 Å². The third kappa shape index (κ3) is 6.20. The van der Waals surface area contributed by atoms with Crippen molar-refractivity contribution in [1.82, 2.24) is 16.0 Å². The second-order valence-electron chi connectivity index (χ2n) is 12.9. The maximum atomic E-state index is 14.2. The van der Waals surface area contributed by atoms with Gasteiger partial charge < -0.3 is 55.1 Å². The molecule has 0 aromatic heterocycles. The third-order valence-corrected chi connectivity index (χ3v) is 9.71. The molecule has 0 bridgehead atoms. The van der Waals surface area contributed by atoms with Crippen molar-refractivity contribution in [2.75, 3.05) is 31.4 Å². The van der Waals surface area contributed by atoms with E-state index in [1.54, 1.807) is 6.07 Å². The molecule has 0 spiro atoms. The molecule has 0 saturated carbocycles. The molecule has 3 fully saturated rings. The van der Waals surface area contributed by atoms with E-state index >= 15 is 0 Å². The highest BCUT2D eigenvalue weighted by atomic mass is 16.7. The first kappa shape index (κ1) is 35.9. The molecule has 4 aliphatic rings. The van der Waals surface area contributed by atoms with E-state index in [0.29, 0.717) is 16.8 Å². The number of benzene rings is 3. The molecule has 0 radical (unpaired) electrons. The number of para-hydroxylation sites is 1. The van der Waals surface area contributed by atoms with Crippen molar-refractivity contribution < 1.29 is 59.2 Å². The topological polar surface area (TPSA) is 266 Å². The number of fused-ring (bicyclic) bond motifs is 3. The molecule has 7 rings (SSSR count). The van der Waals surface area contributed by atoms with Gasteiger partial charge in [0, 0.05) is 34.4 Å². The maximum absolute atomic E-state index is 14.2. The van der Waals surface area contributed by atoms with Gasteiger partial charge in [-0.15, -0.1) is 0 Å². The zero-order valence-electron chi connectivity index (χ0n) is 27.6. The number of carbonyl (C=O) groups excluding carboxylic acids is 3. The molecule has 276 valence electrons. The van der Waals surface area contributed by atoms with Crippen LogP contribution in [0.15, 0.2) is 48.5 Å². The molecule has 17 nitrogen and oxygen atoms in total. The normalized spacial score (nSPS) is 28.2. The SMILES string of the molecule is NC1NC(=O)C2NCN(c3ccccc3Cc3cc4c(c(OCCO)c3OC3OC(CO)C(O)C(O)C3O)C(=O)c3cc(CO)ccc3C4=O)C2N1. The van der Waals surface area contributed by atoms with E-state index in [1.807, 2.05) is 23.1 Å². The minimum Gasteiger partial charge on any atom is -0.486 e. The van der Waals surface area contributed by atoms with Gasteiger partial charge in [-0.1, -0.05) is 24.3 Å². The molecule has 17 heteroatoms. The van der Waals surface area contributed by atoms with Gasteiger partial charge in [-0.05, 0) is 35.4 Å². The highest BCUT2D eigenvalue weighted by Crippen LogP contribution is 2.45. The predicted octanol–water partition coefficient (Wildman–Crippen LogP) is -2.88. The lowest BCUT2D eigenvalue weighted by Crippen LogP contribution is -2.70. The highest BCUT2D eigenvalue weighted by molar-refractivity contribution is 6.29. The molecule has 8 unspecified atom stereocenters. The Morgan fingerprint density at radius 2 is 1.67 bits per heavy atom. The summed E-state index contributed by atoms with van der Waals surface area (Å²) in [5.74, 6) is -1.86. The standard InChI is InChI=1S/C35H39N5O12/c36-35-38-32-24(33(49)39-35)37-14-40(32)21-4-2-1-3-16(21)10-17-11-20-23(26(45)19-9-15(12-42)5-6-18(19)25(20)44)31(50-8-7-41)30(17)52-34-29(48)28(47)27(46)22(13-43)51-34/h1-6,9,11,22,24,27-29,32,34-35,37-38,41-43,46-48H,7-8,10,12-14,36H2,(H,39,49). The van der Waals surface area contributed by atoms with E-state index in [-0.39, 0.29) is 71.5 Å².